The van der Waals surface area contributed by atoms with Crippen LogP contribution in [0.3, 0.4) is 0 Å². The van der Waals surface area contributed by atoms with Crippen molar-refractivity contribution in [2.45, 2.75) is 19.3 Å². The molecular weight excluding hydrogens is 627 g/mol. The maximum atomic E-state index is 2.46. The van der Waals surface area contributed by atoms with Crippen molar-refractivity contribution in [3.8, 4) is 33.4 Å². The van der Waals surface area contributed by atoms with Gasteiger partial charge in [-0.3, -0.25) is 0 Å². The van der Waals surface area contributed by atoms with Crippen molar-refractivity contribution >= 4 is 49.4 Å². The lowest BCUT2D eigenvalue weighted by Crippen LogP contribution is -2.14. The van der Waals surface area contributed by atoms with Crippen molar-refractivity contribution in [3.63, 3.8) is 0 Å². The Morgan fingerprint density at radius 2 is 0.942 bits per heavy atom. The van der Waals surface area contributed by atoms with Crippen LogP contribution in [0.25, 0.3) is 65.7 Å². The van der Waals surface area contributed by atoms with Crippen molar-refractivity contribution in [1.29, 1.82) is 0 Å². The molecule has 1 heteroatoms. The Bertz CT molecular complexity index is 2810. The average molecular weight is 664 g/mol. The zero-order valence-corrected chi connectivity index (χ0v) is 29.3. The van der Waals surface area contributed by atoms with Crippen LogP contribution >= 0.6 is 0 Å². The Labute approximate surface area is 305 Å². The minimum atomic E-state index is -0.0320. The fraction of sp³-hybridized carbons (Fsp3) is 0.0588. The molecule has 1 aliphatic rings. The predicted molar refractivity (Wildman–Crippen MR) is 222 cm³/mol. The molecule has 0 saturated heterocycles. The molecule has 1 nitrogen and oxygen atoms in total. The van der Waals surface area contributed by atoms with Crippen molar-refractivity contribution < 1.29 is 0 Å². The Morgan fingerprint density at radius 1 is 0.346 bits per heavy atom. The number of hydrogen-bond donors (Lipinski definition) is 0. The third-order valence-corrected chi connectivity index (χ3v) is 11.2. The molecule has 0 heterocycles. The van der Waals surface area contributed by atoms with E-state index in [9.17, 15) is 0 Å². The molecule has 9 aromatic carbocycles. The highest BCUT2D eigenvalue weighted by Gasteiger charge is 2.35. The molecule has 0 fully saturated rings. The van der Waals surface area contributed by atoms with Gasteiger partial charge >= 0.3 is 0 Å². The van der Waals surface area contributed by atoms with E-state index in [-0.39, 0.29) is 5.41 Å². The van der Waals surface area contributed by atoms with Crippen molar-refractivity contribution in [2.24, 2.45) is 0 Å². The van der Waals surface area contributed by atoms with Crippen molar-refractivity contribution in [3.05, 3.63) is 199 Å². The molecule has 246 valence electrons. The van der Waals surface area contributed by atoms with Crippen LogP contribution in [0.15, 0.2) is 188 Å². The molecule has 0 saturated carbocycles. The summed E-state index contributed by atoms with van der Waals surface area (Å²) in [5.41, 5.74) is 13.7. The van der Waals surface area contributed by atoms with Crippen LogP contribution in [0, 0.1) is 0 Å². The lowest BCUT2D eigenvalue weighted by Gasteiger charge is -2.28. The number of hydrogen-bond acceptors (Lipinski definition) is 1. The second-order valence-electron chi connectivity index (χ2n) is 14.6. The summed E-state index contributed by atoms with van der Waals surface area (Å²) in [6.07, 6.45) is 0. The van der Waals surface area contributed by atoms with E-state index in [1.807, 2.05) is 0 Å². The number of benzene rings is 9. The molecule has 0 atom stereocenters. The Kier molecular flexibility index (Phi) is 6.91. The summed E-state index contributed by atoms with van der Waals surface area (Å²) in [6, 6.07) is 69.1. The van der Waals surface area contributed by atoms with Crippen molar-refractivity contribution in [1.82, 2.24) is 0 Å². The van der Waals surface area contributed by atoms with Gasteiger partial charge < -0.3 is 4.90 Å². The Balaban J connectivity index is 1.07. The van der Waals surface area contributed by atoms with Gasteiger partial charge in [0, 0.05) is 22.4 Å². The average Bonchev–Trinajstić information content (AvgIpc) is 3.42. The van der Waals surface area contributed by atoms with E-state index in [4.69, 9.17) is 0 Å². The first-order valence-corrected chi connectivity index (χ1v) is 18.2. The summed E-state index contributed by atoms with van der Waals surface area (Å²) in [4.78, 5) is 2.38. The second kappa shape index (κ2) is 11.8. The second-order valence-corrected chi connectivity index (χ2v) is 14.6. The van der Waals surface area contributed by atoms with Crippen LogP contribution in [0.1, 0.15) is 25.0 Å². The van der Waals surface area contributed by atoms with Crippen LogP contribution in [0.5, 0.6) is 0 Å². The molecule has 0 spiro atoms. The van der Waals surface area contributed by atoms with E-state index in [0.717, 1.165) is 17.1 Å². The molecule has 10 rings (SSSR count). The van der Waals surface area contributed by atoms with Crippen LogP contribution in [0.4, 0.5) is 17.1 Å². The fourth-order valence-corrected chi connectivity index (χ4v) is 8.52. The van der Waals surface area contributed by atoms with E-state index in [1.54, 1.807) is 0 Å². The first-order valence-electron chi connectivity index (χ1n) is 18.2. The van der Waals surface area contributed by atoms with Crippen LogP contribution < -0.4 is 4.90 Å². The quantitative estimate of drug-likeness (QED) is 0.166. The summed E-state index contributed by atoms with van der Waals surface area (Å²) >= 11 is 0. The molecule has 0 radical (unpaired) electrons. The summed E-state index contributed by atoms with van der Waals surface area (Å²) in [5, 5.41) is 7.65. The smallest absolute Gasteiger partial charge is 0.0540 e. The Morgan fingerprint density at radius 3 is 1.77 bits per heavy atom. The highest BCUT2D eigenvalue weighted by atomic mass is 15.1. The molecule has 0 bridgehead atoms. The van der Waals surface area contributed by atoms with Gasteiger partial charge in [-0.2, -0.15) is 0 Å². The third kappa shape index (κ3) is 4.85. The minimum absolute atomic E-state index is 0.0320. The number of anilines is 3. The molecule has 1 aliphatic carbocycles. The fourth-order valence-electron chi connectivity index (χ4n) is 8.52. The number of fused-ring (bicyclic) bond motifs is 7. The van der Waals surface area contributed by atoms with Crippen LogP contribution in [0.2, 0.25) is 0 Å². The maximum absolute atomic E-state index is 2.46. The van der Waals surface area contributed by atoms with E-state index in [0.29, 0.717) is 0 Å². The number of para-hydroxylation sites is 2. The van der Waals surface area contributed by atoms with Crippen LogP contribution in [-0.2, 0) is 5.41 Å². The Hall–Kier alpha value is -6.44. The van der Waals surface area contributed by atoms with Crippen molar-refractivity contribution in [2.75, 3.05) is 4.90 Å². The van der Waals surface area contributed by atoms with E-state index in [1.165, 1.54) is 76.8 Å². The van der Waals surface area contributed by atoms with E-state index in [2.05, 4.69) is 207 Å². The molecule has 9 aromatic rings. The zero-order valence-electron chi connectivity index (χ0n) is 29.3. The summed E-state index contributed by atoms with van der Waals surface area (Å²) in [5.74, 6) is 0. The van der Waals surface area contributed by atoms with Gasteiger partial charge in [0.25, 0.3) is 0 Å². The summed E-state index contributed by atoms with van der Waals surface area (Å²) in [6.45, 7) is 4.72. The predicted octanol–water partition coefficient (Wildman–Crippen LogP) is 14.3. The minimum Gasteiger partial charge on any atom is -0.310 e. The first-order chi connectivity index (χ1) is 25.5. The third-order valence-electron chi connectivity index (χ3n) is 11.2. The molecule has 0 aromatic heterocycles. The largest absolute Gasteiger partial charge is 0.310 e. The molecular formula is C51H37N. The standard InChI is InChI=1S/C51H37N/c1-51(2)48-18-10-8-17-45(48)47-32-40-23-22-38-31-39(26-29-43(38)46(40)33-49(47)51)44-16-9-11-19-50(44)52(41-14-4-3-5-15-41)42-27-24-35(25-28-42)37-21-20-34-12-6-7-13-36(34)30-37/h3-33H,1-2H3. The SMILES string of the molecule is CC1(C)c2ccccc2-c2cc3ccc4cc(-c5ccccc5N(c5ccccc5)c5ccc(-c6ccc7ccccc7c6)cc5)ccc4c3cc21. The molecule has 0 unspecified atom stereocenters. The highest BCUT2D eigenvalue weighted by Crippen LogP contribution is 2.50. The molecule has 0 N–H and O–H groups in total. The van der Waals surface area contributed by atoms with Gasteiger partial charge in [-0.15, -0.1) is 0 Å². The summed E-state index contributed by atoms with van der Waals surface area (Å²) in [7, 11) is 0. The molecule has 52 heavy (non-hydrogen) atoms. The van der Waals surface area contributed by atoms with Gasteiger partial charge in [-0.1, -0.05) is 147 Å². The van der Waals surface area contributed by atoms with Gasteiger partial charge in [0.15, 0.2) is 0 Å². The van der Waals surface area contributed by atoms with Gasteiger partial charge in [0.2, 0.25) is 0 Å². The first kappa shape index (κ1) is 30.4. The lowest BCUT2D eigenvalue weighted by molar-refractivity contribution is 0.661. The normalized spacial score (nSPS) is 13.0. The monoisotopic (exact) mass is 663 g/mol. The topological polar surface area (TPSA) is 3.24 Å². The molecule has 0 amide bonds. The lowest BCUT2D eigenvalue weighted by atomic mass is 9.81. The van der Waals surface area contributed by atoms with E-state index < -0.39 is 0 Å². The maximum Gasteiger partial charge on any atom is 0.0540 e. The van der Waals surface area contributed by atoms with Gasteiger partial charge in [-0.25, -0.2) is 0 Å². The number of nitrogens with zero attached hydrogens (tertiary/aromatic N) is 1. The zero-order chi connectivity index (χ0) is 34.8. The van der Waals surface area contributed by atoms with E-state index >= 15 is 0 Å². The van der Waals surface area contributed by atoms with Gasteiger partial charge in [0.1, 0.15) is 0 Å². The molecule has 0 aliphatic heterocycles. The van der Waals surface area contributed by atoms with Crippen LogP contribution in [-0.4, -0.2) is 0 Å². The highest BCUT2D eigenvalue weighted by molar-refractivity contribution is 6.11. The van der Waals surface area contributed by atoms with Gasteiger partial charge in [0.05, 0.1) is 5.69 Å². The summed E-state index contributed by atoms with van der Waals surface area (Å²) < 4.78 is 0. The van der Waals surface area contributed by atoms with Gasteiger partial charge in [-0.05, 0) is 126 Å². The number of rotatable bonds is 5.